The highest BCUT2D eigenvalue weighted by molar-refractivity contribution is 5.91. The molecule has 3 rings (SSSR count). The lowest BCUT2D eigenvalue weighted by atomic mass is 10.0. The number of esters is 1. The van der Waals surface area contributed by atoms with Crippen LogP contribution < -0.4 is 0 Å². The van der Waals surface area contributed by atoms with Crippen molar-refractivity contribution in [1.29, 1.82) is 10.5 Å². The standard InChI is InChI=1S/C25H21N3O2/c1-4-30-25(29)20-8-10-24(11-9-20)28-17(2)12-22(18(28)3)14-23(16-27)21-7-5-6-19(13-21)15-26/h5-14H,4H2,1-3H3/b23-14-. The molecule has 0 radical (unpaired) electrons. The zero-order valence-corrected chi connectivity index (χ0v) is 17.1. The van der Waals surface area contributed by atoms with Gasteiger partial charge in [0.25, 0.3) is 0 Å². The Morgan fingerprint density at radius 3 is 2.43 bits per heavy atom. The van der Waals surface area contributed by atoms with Crippen LogP contribution in [0.2, 0.25) is 0 Å². The summed E-state index contributed by atoms with van der Waals surface area (Å²) in [5.41, 5.74) is 6.04. The first-order chi connectivity index (χ1) is 14.5. The maximum atomic E-state index is 11.9. The van der Waals surface area contributed by atoms with Crippen LogP contribution in [0.15, 0.2) is 54.6 Å². The molecular weight excluding hydrogens is 374 g/mol. The number of carbonyl (C=O) groups is 1. The van der Waals surface area contributed by atoms with E-state index in [1.165, 1.54) is 0 Å². The Morgan fingerprint density at radius 1 is 1.07 bits per heavy atom. The third kappa shape index (κ3) is 4.16. The van der Waals surface area contributed by atoms with Gasteiger partial charge >= 0.3 is 5.97 Å². The molecule has 1 heterocycles. The van der Waals surface area contributed by atoms with Gasteiger partial charge in [-0.05, 0) is 80.4 Å². The molecule has 0 amide bonds. The van der Waals surface area contributed by atoms with Crippen LogP contribution in [0.4, 0.5) is 0 Å². The van der Waals surface area contributed by atoms with Crippen molar-refractivity contribution in [3.05, 3.63) is 88.2 Å². The van der Waals surface area contributed by atoms with Gasteiger partial charge in [-0.15, -0.1) is 0 Å². The summed E-state index contributed by atoms with van der Waals surface area (Å²) in [6, 6.07) is 20.6. The third-order valence-corrected chi connectivity index (χ3v) is 4.83. The van der Waals surface area contributed by atoms with Gasteiger partial charge in [0.1, 0.15) is 0 Å². The predicted octanol–water partition coefficient (Wildman–Crippen LogP) is 5.21. The van der Waals surface area contributed by atoms with E-state index in [0.29, 0.717) is 28.9 Å². The number of rotatable bonds is 5. The van der Waals surface area contributed by atoms with Crippen LogP contribution in [0.3, 0.4) is 0 Å². The average Bonchev–Trinajstić information content (AvgIpc) is 3.05. The summed E-state index contributed by atoms with van der Waals surface area (Å²) in [5.74, 6) is -0.341. The first-order valence-electron chi connectivity index (χ1n) is 9.57. The van der Waals surface area contributed by atoms with E-state index in [1.807, 2.05) is 44.2 Å². The summed E-state index contributed by atoms with van der Waals surface area (Å²) in [6.07, 6.45) is 1.84. The van der Waals surface area contributed by atoms with Gasteiger partial charge in [0.15, 0.2) is 0 Å². The van der Waals surface area contributed by atoms with E-state index in [2.05, 4.69) is 16.7 Å². The molecule has 3 aromatic rings. The van der Waals surface area contributed by atoms with Gasteiger partial charge in [0.05, 0.1) is 35.4 Å². The molecule has 30 heavy (non-hydrogen) atoms. The molecule has 0 fully saturated rings. The average molecular weight is 395 g/mol. The van der Waals surface area contributed by atoms with Crippen molar-refractivity contribution in [3.63, 3.8) is 0 Å². The van der Waals surface area contributed by atoms with E-state index < -0.39 is 0 Å². The van der Waals surface area contributed by atoms with E-state index in [-0.39, 0.29) is 5.97 Å². The van der Waals surface area contributed by atoms with E-state index in [0.717, 1.165) is 22.6 Å². The fraction of sp³-hybridized carbons (Fsp3) is 0.160. The summed E-state index contributed by atoms with van der Waals surface area (Å²) in [4.78, 5) is 11.9. The maximum Gasteiger partial charge on any atom is 0.338 e. The number of allylic oxidation sites excluding steroid dienone is 1. The molecule has 0 aliphatic heterocycles. The molecule has 0 saturated heterocycles. The van der Waals surface area contributed by atoms with Crippen molar-refractivity contribution < 1.29 is 9.53 Å². The van der Waals surface area contributed by atoms with E-state index in [4.69, 9.17) is 10.00 Å². The molecular formula is C25H21N3O2. The Morgan fingerprint density at radius 2 is 1.80 bits per heavy atom. The molecule has 0 aliphatic carbocycles. The number of hydrogen-bond donors (Lipinski definition) is 0. The highest BCUT2D eigenvalue weighted by Crippen LogP contribution is 2.26. The molecule has 0 bridgehead atoms. The molecule has 0 unspecified atom stereocenters. The largest absolute Gasteiger partial charge is 0.462 e. The summed E-state index contributed by atoms with van der Waals surface area (Å²) < 4.78 is 7.11. The van der Waals surface area contributed by atoms with Crippen molar-refractivity contribution in [1.82, 2.24) is 4.57 Å². The lowest BCUT2D eigenvalue weighted by Gasteiger charge is -2.10. The minimum atomic E-state index is -0.341. The van der Waals surface area contributed by atoms with E-state index in [1.54, 1.807) is 37.3 Å². The van der Waals surface area contributed by atoms with Crippen molar-refractivity contribution in [3.8, 4) is 17.8 Å². The van der Waals surface area contributed by atoms with Gasteiger partial charge in [0, 0.05) is 17.1 Å². The fourth-order valence-corrected chi connectivity index (χ4v) is 3.38. The van der Waals surface area contributed by atoms with Crippen LogP contribution in [0, 0.1) is 36.5 Å². The Hall–Kier alpha value is -4.09. The Balaban J connectivity index is 1.99. The van der Waals surface area contributed by atoms with Gasteiger partial charge < -0.3 is 9.30 Å². The van der Waals surface area contributed by atoms with E-state index >= 15 is 0 Å². The van der Waals surface area contributed by atoms with Crippen LogP contribution in [-0.4, -0.2) is 17.1 Å². The molecule has 0 N–H and O–H groups in total. The van der Waals surface area contributed by atoms with Gasteiger partial charge in [0.2, 0.25) is 0 Å². The highest BCUT2D eigenvalue weighted by atomic mass is 16.5. The Bertz CT molecular complexity index is 1200. The number of carbonyl (C=O) groups excluding carboxylic acids is 1. The number of nitriles is 2. The molecule has 0 atom stereocenters. The second kappa shape index (κ2) is 8.94. The van der Waals surface area contributed by atoms with Crippen molar-refractivity contribution >= 4 is 17.6 Å². The molecule has 0 spiro atoms. The van der Waals surface area contributed by atoms with Gasteiger partial charge in [-0.25, -0.2) is 4.79 Å². The second-order valence-electron chi connectivity index (χ2n) is 6.79. The molecule has 5 nitrogen and oxygen atoms in total. The number of benzene rings is 2. The Kier molecular flexibility index (Phi) is 6.15. The number of ether oxygens (including phenoxy) is 1. The first kappa shape index (κ1) is 20.6. The summed E-state index contributed by atoms with van der Waals surface area (Å²) in [7, 11) is 0. The molecule has 2 aromatic carbocycles. The summed E-state index contributed by atoms with van der Waals surface area (Å²) in [6.45, 7) is 6.09. The van der Waals surface area contributed by atoms with Crippen LogP contribution >= 0.6 is 0 Å². The monoisotopic (exact) mass is 395 g/mol. The number of hydrogen-bond acceptors (Lipinski definition) is 4. The number of aryl methyl sites for hydroxylation is 1. The highest BCUT2D eigenvalue weighted by Gasteiger charge is 2.12. The van der Waals surface area contributed by atoms with Crippen molar-refractivity contribution in [2.75, 3.05) is 6.61 Å². The zero-order valence-electron chi connectivity index (χ0n) is 17.1. The van der Waals surface area contributed by atoms with Crippen LogP contribution in [0.1, 0.15) is 45.4 Å². The molecule has 0 aliphatic rings. The van der Waals surface area contributed by atoms with Crippen molar-refractivity contribution in [2.24, 2.45) is 0 Å². The lowest BCUT2D eigenvalue weighted by Crippen LogP contribution is -2.05. The van der Waals surface area contributed by atoms with Crippen molar-refractivity contribution in [2.45, 2.75) is 20.8 Å². The third-order valence-electron chi connectivity index (χ3n) is 4.83. The van der Waals surface area contributed by atoms with Crippen LogP contribution in [0.25, 0.3) is 17.3 Å². The minimum absolute atomic E-state index is 0.338. The second-order valence-corrected chi connectivity index (χ2v) is 6.79. The summed E-state index contributed by atoms with van der Waals surface area (Å²) >= 11 is 0. The SMILES string of the molecule is CCOC(=O)c1ccc(-n2c(C)cc(/C=C(/C#N)c3cccc(C#N)c3)c2C)cc1. The topological polar surface area (TPSA) is 78.8 Å². The number of nitrogens with zero attached hydrogens (tertiary/aromatic N) is 3. The zero-order chi connectivity index (χ0) is 21.7. The fourth-order valence-electron chi connectivity index (χ4n) is 3.38. The smallest absolute Gasteiger partial charge is 0.338 e. The molecule has 5 heteroatoms. The Labute approximate surface area is 176 Å². The quantitative estimate of drug-likeness (QED) is 0.439. The van der Waals surface area contributed by atoms with Gasteiger partial charge in [-0.3, -0.25) is 0 Å². The number of aromatic nitrogens is 1. The summed E-state index contributed by atoms with van der Waals surface area (Å²) in [5, 5.41) is 18.8. The predicted molar refractivity (Wildman–Crippen MR) is 116 cm³/mol. The minimum Gasteiger partial charge on any atom is -0.462 e. The molecule has 148 valence electrons. The van der Waals surface area contributed by atoms with E-state index in [9.17, 15) is 10.1 Å². The van der Waals surface area contributed by atoms with Gasteiger partial charge in [-0.1, -0.05) is 12.1 Å². The molecule has 1 aromatic heterocycles. The van der Waals surface area contributed by atoms with Gasteiger partial charge in [-0.2, -0.15) is 10.5 Å². The molecule has 0 saturated carbocycles. The first-order valence-corrected chi connectivity index (χ1v) is 9.57. The lowest BCUT2D eigenvalue weighted by molar-refractivity contribution is 0.0526. The maximum absolute atomic E-state index is 11.9. The van der Waals surface area contributed by atoms with Crippen LogP contribution in [-0.2, 0) is 4.74 Å². The van der Waals surface area contributed by atoms with Crippen LogP contribution in [0.5, 0.6) is 0 Å². The normalized spacial score (nSPS) is 10.9.